The molecule has 0 saturated heterocycles. The van der Waals surface area contributed by atoms with Crippen molar-refractivity contribution in [1.82, 2.24) is 0 Å². The van der Waals surface area contributed by atoms with Crippen molar-refractivity contribution < 1.29 is 33.7 Å². The van der Waals surface area contributed by atoms with Gasteiger partial charge in [0.1, 0.15) is 13.2 Å². The van der Waals surface area contributed by atoms with Crippen LogP contribution in [-0.2, 0) is 41.8 Å². The van der Waals surface area contributed by atoms with Crippen molar-refractivity contribution in [2.75, 3.05) is 0 Å². The van der Waals surface area contributed by atoms with Gasteiger partial charge in [-0.25, -0.2) is 14.4 Å². The maximum absolute atomic E-state index is 12.3. The quantitative estimate of drug-likeness (QED) is 0.401. The van der Waals surface area contributed by atoms with Crippen LogP contribution in [-0.4, -0.2) is 35.2 Å². The van der Waals surface area contributed by atoms with Gasteiger partial charge >= 0.3 is 17.9 Å². The molecule has 2 aromatic carbocycles. The molecule has 146 valence electrons. The average molecular weight is 384 g/mol. The Bertz CT molecular complexity index is 802. The molecule has 2 atom stereocenters. The molecule has 0 unspecified atom stereocenters. The van der Waals surface area contributed by atoms with Crippen LogP contribution >= 0.6 is 0 Å². The van der Waals surface area contributed by atoms with Gasteiger partial charge in [0, 0.05) is 6.08 Å². The van der Waals surface area contributed by atoms with Gasteiger partial charge in [0.05, 0.1) is 0 Å². The number of carbonyl (C=O) groups excluding carboxylic acids is 3. The number of esters is 3. The minimum Gasteiger partial charge on any atom is -0.459 e. The van der Waals surface area contributed by atoms with Gasteiger partial charge in [-0.2, -0.15) is 0 Å². The SMILES string of the molecule is C=CC(=O)O[C@@H](C(=O)OCc1ccccc1)[C@@H](O)C(=O)OCc1ccccc1. The molecule has 2 rings (SSSR count). The molecule has 0 spiro atoms. The van der Waals surface area contributed by atoms with Crippen molar-refractivity contribution >= 4 is 17.9 Å². The number of carbonyl (C=O) groups is 3. The van der Waals surface area contributed by atoms with Gasteiger partial charge in [0.25, 0.3) is 0 Å². The standard InChI is InChI=1S/C21H20O7/c1-2-17(22)28-19(21(25)27-14-16-11-7-4-8-12-16)18(23)20(24)26-13-15-9-5-3-6-10-15/h2-12,18-19,23H,1,13-14H2/t18-,19-/m1/s1. The molecule has 0 fully saturated rings. The average Bonchev–Trinajstić information content (AvgIpc) is 2.74. The molecule has 0 aromatic heterocycles. The second kappa shape index (κ2) is 10.6. The molecule has 7 heteroatoms. The molecular formula is C21H20O7. The number of aliphatic hydroxyl groups excluding tert-OH is 1. The normalized spacial score (nSPS) is 12.3. The highest BCUT2D eigenvalue weighted by molar-refractivity contribution is 5.89. The van der Waals surface area contributed by atoms with Crippen LogP contribution in [0.1, 0.15) is 11.1 Å². The Morgan fingerprint density at radius 3 is 1.79 bits per heavy atom. The molecule has 0 heterocycles. The van der Waals surface area contributed by atoms with Crippen LogP contribution in [0.15, 0.2) is 73.3 Å². The summed E-state index contributed by atoms with van der Waals surface area (Å²) in [5.41, 5.74) is 1.38. The summed E-state index contributed by atoms with van der Waals surface area (Å²) in [5.74, 6) is -3.19. The Balaban J connectivity index is 2.00. The molecule has 0 aliphatic heterocycles. The second-order valence-corrected chi connectivity index (χ2v) is 5.69. The zero-order valence-corrected chi connectivity index (χ0v) is 15.0. The fraction of sp³-hybridized carbons (Fsp3) is 0.190. The monoisotopic (exact) mass is 384 g/mol. The smallest absolute Gasteiger partial charge is 0.351 e. The molecular weight excluding hydrogens is 364 g/mol. The summed E-state index contributed by atoms with van der Waals surface area (Å²) in [4.78, 5) is 35.9. The molecule has 7 nitrogen and oxygen atoms in total. The lowest BCUT2D eigenvalue weighted by Gasteiger charge is -2.20. The highest BCUT2D eigenvalue weighted by Gasteiger charge is 2.38. The number of hydrogen-bond donors (Lipinski definition) is 1. The van der Waals surface area contributed by atoms with E-state index in [9.17, 15) is 19.5 Å². The number of benzene rings is 2. The molecule has 0 bridgehead atoms. The van der Waals surface area contributed by atoms with E-state index in [1.807, 2.05) is 0 Å². The summed E-state index contributed by atoms with van der Waals surface area (Å²) >= 11 is 0. The Hall–Kier alpha value is -3.45. The van der Waals surface area contributed by atoms with Crippen molar-refractivity contribution in [2.24, 2.45) is 0 Å². The summed E-state index contributed by atoms with van der Waals surface area (Å²) in [6, 6.07) is 17.5. The van der Waals surface area contributed by atoms with Gasteiger partial charge in [0.15, 0.2) is 6.10 Å². The Morgan fingerprint density at radius 1 is 0.857 bits per heavy atom. The molecule has 0 aliphatic carbocycles. The van der Waals surface area contributed by atoms with Crippen molar-refractivity contribution in [3.05, 3.63) is 84.4 Å². The lowest BCUT2D eigenvalue weighted by atomic mass is 10.2. The van der Waals surface area contributed by atoms with Crippen LogP contribution in [0.25, 0.3) is 0 Å². The van der Waals surface area contributed by atoms with E-state index in [4.69, 9.17) is 14.2 Å². The summed E-state index contributed by atoms with van der Waals surface area (Å²) in [6.45, 7) is 2.99. The summed E-state index contributed by atoms with van der Waals surface area (Å²) in [5, 5.41) is 10.2. The fourth-order valence-corrected chi connectivity index (χ4v) is 2.16. The van der Waals surface area contributed by atoms with Crippen molar-refractivity contribution in [3.63, 3.8) is 0 Å². The summed E-state index contributed by atoms with van der Waals surface area (Å²) in [6.07, 6.45) is -3.12. The molecule has 0 amide bonds. The molecule has 2 aromatic rings. The van der Waals surface area contributed by atoms with E-state index in [0.717, 1.165) is 6.08 Å². The third-order valence-electron chi connectivity index (χ3n) is 3.62. The number of rotatable bonds is 9. The first-order valence-corrected chi connectivity index (χ1v) is 8.43. The van der Waals surface area contributed by atoms with E-state index in [1.165, 1.54) is 0 Å². The lowest BCUT2D eigenvalue weighted by Crippen LogP contribution is -2.44. The lowest BCUT2D eigenvalue weighted by molar-refractivity contribution is -0.183. The third kappa shape index (κ3) is 6.37. The Kier molecular flexibility index (Phi) is 7.92. The van der Waals surface area contributed by atoms with Crippen LogP contribution in [0.4, 0.5) is 0 Å². The molecule has 0 aliphatic rings. The topological polar surface area (TPSA) is 99.1 Å². The Morgan fingerprint density at radius 2 is 1.32 bits per heavy atom. The van der Waals surface area contributed by atoms with Gasteiger partial charge < -0.3 is 19.3 Å². The predicted octanol–water partition coefficient (Wildman–Crippen LogP) is 1.93. The van der Waals surface area contributed by atoms with Crippen LogP contribution in [0.3, 0.4) is 0 Å². The van der Waals surface area contributed by atoms with Crippen molar-refractivity contribution in [3.8, 4) is 0 Å². The number of aliphatic hydroxyl groups is 1. The van der Waals surface area contributed by atoms with Gasteiger partial charge in [0.2, 0.25) is 6.10 Å². The van der Waals surface area contributed by atoms with Gasteiger partial charge in [-0.15, -0.1) is 0 Å². The van der Waals surface area contributed by atoms with Crippen molar-refractivity contribution in [2.45, 2.75) is 25.4 Å². The minimum absolute atomic E-state index is 0.113. The van der Waals surface area contributed by atoms with Gasteiger partial charge in [-0.1, -0.05) is 67.2 Å². The van der Waals surface area contributed by atoms with Gasteiger partial charge in [-0.3, -0.25) is 0 Å². The zero-order valence-electron chi connectivity index (χ0n) is 15.0. The van der Waals surface area contributed by atoms with E-state index in [-0.39, 0.29) is 13.2 Å². The van der Waals surface area contributed by atoms with Crippen molar-refractivity contribution in [1.29, 1.82) is 0 Å². The van der Waals surface area contributed by atoms with Crippen LogP contribution in [0.5, 0.6) is 0 Å². The summed E-state index contributed by atoms with van der Waals surface area (Å²) < 4.78 is 14.8. The van der Waals surface area contributed by atoms with E-state index >= 15 is 0 Å². The largest absolute Gasteiger partial charge is 0.459 e. The number of ether oxygens (including phenoxy) is 3. The number of hydrogen-bond acceptors (Lipinski definition) is 7. The van der Waals surface area contributed by atoms with E-state index in [1.54, 1.807) is 60.7 Å². The van der Waals surface area contributed by atoms with Crippen LogP contribution in [0, 0.1) is 0 Å². The van der Waals surface area contributed by atoms with E-state index < -0.39 is 30.1 Å². The molecule has 0 radical (unpaired) electrons. The maximum atomic E-state index is 12.3. The molecule has 1 N–H and O–H groups in total. The predicted molar refractivity (Wildman–Crippen MR) is 98.6 cm³/mol. The van der Waals surface area contributed by atoms with E-state index in [0.29, 0.717) is 11.1 Å². The zero-order chi connectivity index (χ0) is 20.4. The van der Waals surface area contributed by atoms with Crippen LogP contribution < -0.4 is 0 Å². The fourth-order valence-electron chi connectivity index (χ4n) is 2.16. The first-order chi connectivity index (χ1) is 13.5. The second-order valence-electron chi connectivity index (χ2n) is 5.69. The first kappa shape index (κ1) is 20.9. The maximum Gasteiger partial charge on any atom is 0.351 e. The highest BCUT2D eigenvalue weighted by atomic mass is 16.6. The third-order valence-corrected chi connectivity index (χ3v) is 3.62. The summed E-state index contributed by atoms with van der Waals surface area (Å²) in [7, 11) is 0. The highest BCUT2D eigenvalue weighted by Crippen LogP contribution is 2.10. The molecule has 28 heavy (non-hydrogen) atoms. The Labute approximate surface area is 162 Å². The van der Waals surface area contributed by atoms with E-state index in [2.05, 4.69) is 6.58 Å². The minimum atomic E-state index is -2.05. The van der Waals surface area contributed by atoms with Gasteiger partial charge in [-0.05, 0) is 11.1 Å². The first-order valence-electron chi connectivity index (χ1n) is 8.43. The molecule has 0 saturated carbocycles. The van der Waals surface area contributed by atoms with Crippen LogP contribution in [0.2, 0.25) is 0 Å².